The molecule has 0 bridgehead atoms. The molecule has 0 atom stereocenters. The van der Waals surface area contributed by atoms with Gasteiger partial charge >= 0.3 is 6.03 Å². The van der Waals surface area contributed by atoms with Gasteiger partial charge in [-0.05, 0) is 53.6 Å². The predicted octanol–water partition coefficient (Wildman–Crippen LogP) is 5.73. The van der Waals surface area contributed by atoms with Gasteiger partial charge in [0.05, 0.1) is 11.2 Å². The number of nitrogens with zero attached hydrogens (tertiary/aromatic N) is 1. The van der Waals surface area contributed by atoms with Crippen LogP contribution < -0.4 is 15.5 Å². The topological polar surface area (TPSA) is 62.7 Å². The van der Waals surface area contributed by atoms with Crippen LogP contribution in [-0.4, -0.2) is 12.2 Å². The first kappa shape index (κ1) is 19.7. The van der Waals surface area contributed by atoms with Crippen molar-refractivity contribution in [3.8, 4) is 5.75 Å². The zero-order valence-corrected chi connectivity index (χ0v) is 16.2. The van der Waals surface area contributed by atoms with E-state index in [1.54, 1.807) is 42.5 Å². The van der Waals surface area contributed by atoms with E-state index in [1.165, 1.54) is 6.21 Å². The molecular weight excluding hydrogens is 397 g/mol. The fraction of sp³-hybridized carbons (Fsp3) is 0.0476. The van der Waals surface area contributed by atoms with Gasteiger partial charge in [0.25, 0.3) is 0 Å². The summed E-state index contributed by atoms with van der Waals surface area (Å²) in [4.78, 5) is 11.8. The van der Waals surface area contributed by atoms with Gasteiger partial charge in [-0.25, -0.2) is 10.2 Å². The van der Waals surface area contributed by atoms with Gasteiger partial charge in [-0.1, -0.05) is 53.5 Å². The number of nitrogens with one attached hydrogen (secondary N) is 2. The van der Waals surface area contributed by atoms with Crippen LogP contribution in [0.2, 0.25) is 10.0 Å². The molecule has 0 aromatic heterocycles. The monoisotopic (exact) mass is 413 g/mol. The molecule has 0 aliphatic carbocycles. The second-order valence-corrected chi connectivity index (χ2v) is 6.64. The zero-order valence-electron chi connectivity index (χ0n) is 14.7. The van der Waals surface area contributed by atoms with Gasteiger partial charge in [0.1, 0.15) is 12.4 Å². The fourth-order valence-electron chi connectivity index (χ4n) is 2.31. The van der Waals surface area contributed by atoms with Crippen molar-refractivity contribution in [3.63, 3.8) is 0 Å². The summed E-state index contributed by atoms with van der Waals surface area (Å²) in [7, 11) is 0. The Morgan fingerprint density at radius 1 is 1.00 bits per heavy atom. The van der Waals surface area contributed by atoms with Gasteiger partial charge in [-0.2, -0.15) is 5.10 Å². The normalized spacial score (nSPS) is 10.6. The van der Waals surface area contributed by atoms with E-state index in [-0.39, 0.29) is 0 Å². The summed E-state index contributed by atoms with van der Waals surface area (Å²) in [6.07, 6.45) is 1.49. The van der Waals surface area contributed by atoms with Crippen molar-refractivity contribution in [2.45, 2.75) is 6.61 Å². The molecule has 3 rings (SSSR count). The highest BCUT2D eigenvalue weighted by Crippen LogP contribution is 2.25. The van der Waals surface area contributed by atoms with E-state index in [0.29, 0.717) is 28.1 Å². The van der Waals surface area contributed by atoms with E-state index in [2.05, 4.69) is 15.8 Å². The number of urea groups is 1. The van der Waals surface area contributed by atoms with Gasteiger partial charge in [0, 0.05) is 10.7 Å². The molecule has 0 aliphatic rings. The first-order valence-electron chi connectivity index (χ1n) is 8.42. The summed E-state index contributed by atoms with van der Waals surface area (Å²) in [6, 6.07) is 21.4. The Balaban J connectivity index is 1.51. The van der Waals surface area contributed by atoms with E-state index in [9.17, 15) is 4.79 Å². The smallest absolute Gasteiger partial charge is 0.339 e. The highest BCUT2D eigenvalue weighted by molar-refractivity contribution is 6.32. The van der Waals surface area contributed by atoms with Crippen LogP contribution in [0.5, 0.6) is 5.75 Å². The number of carbonyl (C=O) groups is 1. The molecule has 0 unspecified atom stereocenters. The number of carbonyl (C=O) groups excluding carboxylic acids is 1. The number of anilines is 1. The molecule has 0 saturated heterocycles. The Morgan fingerprint density at radius 2 is 1.75 bits per heavy atom. The molecule has 2 N–H and O–H groups in total. The SMILES string of the molecule is O=C(N/N=C\c1ccc(OCc2ccccc2)c(Cl)c1)Nc1ccc(Cl)cc1. The van der Waals surface area contributed by atoms with Gasteiger partial charge in [-0.15, -0.1) is 0 Å². The van der Waals surface area contributed by atoms with Gasteiger partial charge in [0.15, 0.2) is 0 Å². The Morgan fingerprint density at radius 3 is 2.46 bits per heavy atom. The number of rotatable bonds is 6. The largest absolute Gasteiger partial charge is 0.487 e. The Hall–Kier alpha value is -3.02. The lowest BCUT2D eigenvalue weighted by molar-refractivity contribution is 0.252. The van der Waals surface area contributed by atoms with Crippen molar-refractivity contribution in [1.82, 2.24) is 5.43 Å². The summed E-state index contributed by atoms with van der Waals surface area (Å²) >= 11 is 12.1. The lowest BCUT2D eigenvalue weighted by atomic mass is 10.2. The molecular formula is C21H17Cl2N3O2. The Bertz CT molecular complexity index is 961. The molecule has 0 saturated carbocycles. The molecule has 0 aliphatic heterocycles. The van der Waals surface area contributed by atoms with Crippen molar-refractivity contribution in [1.29, 1.82) is 0 Å². The predicted molar refractivity (Wildman–Crippen MR) is 113 cm³/mol. The van der Waals surface area contributed by atoms with E-state index in [4.69, 9.17) is 27.9 Å². The fourth-order valence-corrected chi connectivity index (χ4v) is 2.68. The molecule has 7 heteroatoms. The van der Waals surface area contributed by atoms with Crippen molar-refractivity contribution < 1.29 is 9.53 Å². The summed E-state index contributed by atoms with van der Waals surface area (Å²) in [5.74, 6) is 0.580. The minimum atomic E-state index is -0.465. The van der Waals surface area contributed by atoms with Crippen LogP contribution in [0.3, 0.4) is 0 Å². The third-order valence-electron chi connectivity index (χ3n) is 3.67. The van der Waals surface area contributed by atoms with Crippen molar-refractivity contribution in [2.24, 2.45) is 5.10 Å². The quantitative estimate of drug-likeness (QED) is 0.400. The summed E-state index contributed by atoms with van der Waals surface area (Å²) in [5, 5.41) is 7.60. The summed E-state index contributed by atoms with van der Waals surface area (Å²) in [5.41, 5.74) is 4.78. The molecule has 3 aromatic carbocycles. The first-order chi connectivity index (χ1) is 13.6. The molecule has 0 spiro atoms. The number of hydrogen-bond acceptors (Lipinski definition) is 3. The summed E-state index contributed by atoms with van der Waals surface area (Å²) < 4.78 is 5.73. The maximum absolute atomic E-state index is 11.8. The van der Waals surface area contributed by atoms with Gasteiger partial charge < -0.3 is 10.1 Å². The van der Waals surface area contributed by atoms with Crippen LogP contribution in [-0.2, 0) is 6.61 Å². The van der Waals surface area contributed by atoms with E-state index in [0.717, 1.165) is 11.1 Å². The number of benzene rings is 3. The third kappa shape index (κ3) is 6.01. The van der Waals surface area contributed by atoms with Crippen LogP contribution >= 0.6 is 23.2 Å². The van der Waals surface area contributed by atoms with E-state index in [1.807, 2.05) is 30.3 Å². The molecule has 28 heavy (non-hydrogen) atoms. The molecule has 5 nitrogen and oxygen atoms in total. The summed E-state index contributed by atoms with van der Waals surface area (Å²) in [6.45, 7) is 0.431. The standard InChI is InChI=1S/C21H17Cl2N3O2/c22-17-7-9-18(10-8-17)25-21(27)26-24-13-16-6-11-20(19(23)12-16)28-14-15-4-2-1-3-5-15/h1-13H,14H2,(H2,25,26,27)/b24-13-. The third-order valence-corrected chi connectivity index (χ3v) is 4.22. The maximum Gasteiger partial charge on any atom is 0.339 e. The second-order valence-electron chi connectivity index (χ2n) is 5.80. The van der Waals surface area contributed by atoms with Crippen LogP contribution in [0.15, 0.2) is 77.9 Å². The molecule has 0 radical (unpaired) electrons. The van der Waals surface area contributed by atoms with E-state index >= 15 is 0 Å². The second kappa shape index (κ2) is 9.78. The lowest BCUT2D eigenvalue weighted by Gasteiger charge is -2.08. The van der Waals surface area contributed by atoms with Crippen LogP contribution in [0.4, 0.5) is 10.5 Å². The highest BCUT2D eigenvalue weighted by Gasteiger charge is 2.04. The number of halogens is 2. The van der Waals surface area contributed by atoms with Crippen molar-refractivity contribution in [2.75, 3.05) is 5.32 Å². The number of ether oxygens (including phenoxy) is 1. The lowest BCUT2D eigenvalue weighted by Crippen LogP contribution is -2.24. The molecule has 142 valence electrons. The van der Waals surface area contributed by atoms with Crippen LogP contribution in [0.1, 0.15) is 11.1 Å². The van der Waals surface area contributed by atoms with Gasteiger partial charge in [-0.3, -0.25) is 0 Å². The molecule has 3 aromatic rings. The number of hydrogen-bond donors (Lipinski definition) is 2. The highest BCUT2D eigenvalue weighted by atomic mass is 35.5. The average Bonchev–Trinajstić information content (AvgIpc) is 2.70. The number of amides is 2. The van der Waals surface area contributed by atoms with Crippen molar-refractivity contribution >= 4 is 41.1 Å². The minimum Gasteiger partial charge on any atom is -0.487 e. The Labute approximate surface area is 172 Å². The van der Waals surface area contributed by atoms with Crippen LogP contribution in [0.25, 0.3) is 0 Å². The first-order valence-corrected chi connectivity index (χ1v) is 9.17. The average molecular weight is 414 g/mol. The maximum atomic E-state index is 11.8. The van der Waals surface area contributed by atoms with E-state index < -0.39 is 6.03 Å². The van der Waals surface area contributed by atoms with Crippen LogP contribution in [0, 0.1) is 0 Å². The Kier molecular flexibility index (Phi) is 6.89. The molecule has 0 fully saturated rings. The molecule has 0 heterocycles. The number of hydrazone groups is 1. The van der Waals surface area contributed by atoms with Gasteiger partial charge in [0.2, 0.25) is 0 Å². The zero-order chi connectivity index (χ0) is 19.8. The molecule has 2 amide bonds. The van der Waals surface area contributed by atoms with Crippen molar-refractivity contribution in [3.05, 3.63) is 94.0 Å². The minimum absolute atomic E-state index is 0.431.